The molecule has 28 heavy (non-hydrogen) atoms. The fraction of sp³-hybridized carbons (Fsp3) is 0.476. The Morgan fingerprint density at radius 3 is 2.61 bits per heavy atom. The molecule has 2 rings (SSSR count). The van der Waals surface area contributed by atoms with Crippen molar-refractivity contribution in [2.75, 3.05) is 0 Å². The molecule has 1 aliphatic rings. The van der Waals surface area contributed by atoms with E-state index in [0.717, 1.165) is 43.9 Å². The molecule has 2 unspecified atom stereocenters. The van der Waals surface area contributed by atoms with Crippen LogP contribution < -0.4 is 4.72 Å². The van der Waals surface area contributed by atoms with Crippen LogP contribution in [0.1, 0.15) is 56.9 Å². The lowest BCUT2D eigenvalue weighted by Crippen LogP contribution is -2.41. The maximum Gasteiger partial charge on any atom is 0.303 e. The van der Waals surface area contributed by atoms with Gasteiger partial charge in [-0.1, -0.05) is 37.1 Å². The summed E-state index contributed by atoms with van der Waals surface area (Å²) in [4.78, 5) is 10.5. The molecule has 0 amide bonds. The molecule has 0 heterocycles. The SMILES string of the molecule is O=C(O)CCCC=CCC1CCCCC1NS(=O)(=O)C=Cc1ccc(F)cc1. The summed E-state index contributed by atoms with van der Waals surface area (Å²) in [7, 11) is -3.58. The number of rotatable bonds is 10. The van der Waals surface area contributed by atoms with E-state index >= 15 is 0 Å². The zero-order chi connectivity index (χ0) is 20.4. The summed E-state index contributed by atoms with van der Waals surface area (Å²) < 4.78 is 40.6. The van der Waals surface area contributed by atoms with Gasteiger partial charge in [-0.2, -0.15) is 0 Å². The molecule has 0 spiro atoms. The number of carboxylic acids is 1. The number of carboxylic acid groups (broad SMARTS) is 1. The summed E-state index contributed by atoms with van der Waals surface area (Å²) >= 11 is 0. The second-order valence-corrected chi connectivity index (χ2v) is 8.76. The maximum atomic E-state index is 12.9. The van der Waals surface area contributed by atoms with Crippen molar-refractivity contribution in [1.29, 1.82) is 0 Å². The number of benzene rings is 1. The zero-order valence-corrected chi connectivity index (χ0v) is 16.7. The Labute approximate surface area is 166 Å². The van der Waals surface area contributed by atoms with Crippen molar-refractivity contribution in [3.63, 3.8) is 0 Å². The first kappa shape index (κ1) is 22.3. The van der Waals surface area contributed by atoms with E-state index in [9.17, 15) is 17.6 Å². The molecule has 7 heteroatoms. The van der Waals surface area contributed by atoms with Crippen molar-refractivity contribution in [2.45, 2.75) is 57.4 Å². The van der Waals surface area contributed by atoms with Crippen LogP contribution in [-0.4, -0.2) is 25.5 Å². The van der Waals surface area contributed by atoms with Gasteiger partial charge < -0.3 is 5.11 Å². The summed E-state index contributed by atoms with van der Waals surface area (Å²) in [5.41, 5.74) is 0.622. The Morgan fingerprint density at radius 1 is 1.18 bits per heavy atom. The molecular weight excluding hydrogens is 381 g/mol. The fourth-order valence-electron chi connectivity index (χ4n) is 3.40. The number of hydrogen-bond donors (Lipinski definition) is 2. The fourth-order valence-corrected chi connectivity index (χ4v) is 4.54. The van der Waals surface area contributed by atoms with Crippen LogP contribution in [0.5, 0.6) is 0 Å². The largest absolute Gasteiger partial charge is 0.481 e. The van der Waals surface area contributed by atoms with E-state index in [0.29, 0.717) is 12.0 Å². The monoisotopic (exact) mass is 409 g/mol. The zero-order valence-electron chi connectivity index (χ0n) is 15.9. The molecule has 154 valence electrons. The van der Waals surface area contributed by atoms with E-state index in [2.05, 4.69) is 4.72 Å². The molecule has 1 saturated carbocycles. The van der Waals surface area contributed by atoms with Gasteiger partial charge in [0.25, 0.3) is 0 Å². The molecule has 0 aliphatic heterocycles. The molecule has 1 aromatic carbocycles. The highest BCUT2D eigenvalue weighted by molar-refractivity contribution is 7.92. The third-order valence-corrected chi connectivity index (χ3v) is 6.03. The van der Waals surface area contributed by atoms with Crippen LogP contribution >= 0.6 is 0 Å². The lowest BCUT2D eigenvalue weighted by atomic mass is 9.83. The van der Waals surface area contributed by atoms with Crippen molar-refractivity contribution in [1.82, 2.24) is 4.72 Å². The Kier molecular flexibility index (Phi) is 8.86. The van der Waals surface area contributed by atoms with Gasteiger partial charge in [-0.25, -0.2) is 17.5 Å². The number of unbranched alkanes of at least 4 members (excludes halogenated alkanes) is 1. The van der Waals surface area contributed by atoms with Gasteiger partial charge in [-0.15, -0.1) is 0 Å². The minimum atomic E-state index is -3.58. The normalized spacial score (nSPS) is 20.8. The van der Waals surface area contributed by atoms with E-state index in [1.54, 1.807) is 0 Å². The summed E-state index contributed by atoms with van der Waals surface area (Å²) in [6.45, 7) is 0. The maximum absolute atomic E-state index is 12.9. The molecule has 5 nitrogen and oxygen atoms in total. The highest BCUT2D eigenvalue weighted by Crippen LogP contribution is 2.28. The van der Waals surface area contributed by atoms with Gasteiger partial charge in [0.1, 0.15) is 5.82 Å². The van der Waals surface area contributed by atoms with E-state index in [4.69, 9.17) is 5.11 Å². The van der Waals surface area contributed by atoms with E-state index in [1.165, 1.54) is 30.3 Å². The Bertz CT molecular complexity index is 787. The lowest BCUT2D eigenvalue weighted by molar-refractivity contribution is -0.137. The molecule has 1 aromatic rings. The summed E-state index contributed by atoms with van der Waals surface area (Å²) in [5.74, 6) is -0.915. The van der Waals surface area contributed by atoms with Crippen LogP contribution in [-0.2, 0) is 14.8 Å². The smallest absolute Gasteiger partial charge is 0.303 e. The highest BCUT2D eigenvalue weighted by atomic mass is 32.2. The number of hydrogen-bond acceptors (Lipinski definition) is 3. The molecule has 2 N–H and O–H groups in total. The second-order valence-electron chi connectivity index (χ2n) is 7.16. The van der Waals surface area contributed by atoms with Gasteiger partial charge in [-0.3, -0.25) is 4.79 Å². The number of aliphatic carboxylic acids is 1. The third-order valence-electron chi connectivity index (χ3n) is 4.90. The molecule has 1 aliphatic carbocycles. The molecule has 0 radical (unpaired) electrons. The summed E-state index contributed by atoms with van der Waals surface area (Å²) in [6, 6.07) is 5.53. The standard InChI is InChI=1S/C21H28FNO4S/c22-19-13-11-17(12-14-19)15-16-28(26,27)23-20-9-6-5-8-18(20)7-3-1-2-4-10-21(24)25/h1,3,11-16,18,20,23H,2,4-10H2,(H,24,25). The molecule has 0 aromatic heterocycles. The van der Waals surface area contributed by atoms with Crippen LogP contribution in [0.4, 0.5) is 4.39 Å². The Hall–Kier alpha value is -1.99. The number of halogens is 1. The topological polar surface area (TPSA) is 83.5 Å². The quantitative estimate of drug-likeness (QED) is 0.441. The van der Waals surface area contributed by atoms with Gasteiger partial charge in [0.05, 0.1) is 0 Å². The van der Waals surface area contributed by atoms with Crippen LogP contribution in [0.25, 0.3) is 6.08 Å². The van der Waals surface area contributed by atoms with Gasteiger partial charge >= 0.3 is 5.97 Å². The number of carbonyl (C=O) groups is 1. The molecule has 0 saturated heterocycles. The first-order valence-corrected chi connectivity index (χ1v) is 11.2. The van der Waals surface area contributed by atoms with Crippen molar-refractivity contribution in [3.8, 4) is 0 Å². The average molecular weight is 410 g/mol. The van der Waals surface area contributed by atoms with Gasteiger partial charge in [0.15, 0.2) is 0 Å². The molecule has 2 atom stereocenters. The Balaban J connectivity index is 1.88. The minimum Gasteiger partial charge on any atom is -0.481 e. The Morgan fingerprint density at radius 2 is 1.89 bits per heavy atom. The van der Waals surface area contributed by atoms with Gasteiger partial charge in [-0.05, 0) is 61.8 Å². The number of allylic oxidation sites excluding steroid dienone is 2. The van der Waals surface area contributed by atoms with Crippen LogP contribution in [0.2, 0.25) is 0 Å². The predicted molar refractivity (Wildman–Crippen MR) is 108 cm³/mol. The third kappa shape index (κ3) is 8.35. The number of sulfonamides is 1. The number of nitrogens with one attached hydrogen (secondary N) is 1. The van der Waals surface area contributed by atoms with Gasteiger partial charge in [0.2, 0.25) is 10.0 Å². The molecule has 1 fully saturated rings. The van der Waals surface area contributed by atoms with Crippen LogP contribution in [0.3, 0.4) is 0 Å². The van der Waals surface area contributed by atoms with Crippen molar-refractivity contribution in [2.24, 2.45) is 5.92 Å². The van der Waals surface area contributed by atoms with Crippen molar-refractivity contribution >= 4 is 22.1 Å². The molecule has 0 bridgehead atoms. The summed E-state index contributed by atoms with van der Waals surface area (Å²) in [5, 5.41) is 9.77. The van der Waals surface area contributed by atoms with Gasteiger partial charge in [0, 0.05) is 17.9 Å². The summed E-state index contributed by atoms with van der Waals surface area (Å²) in [6.07, 6.45) is 11.6. The van der Waals surface area contributed by atoms with Crippen LogP contribution in [0, 0.1) is 11.7 Å². The minimum absolute atomic E-state index is 0.111. The van der Waals surface area contributed by atoms with Crippen molar-refractivity contribution in [3.05, 3.63) is 53.2 Å². The van der Waals surface area contributed by atoms with Crippen LogP contribution in [0.15, 0.2) is 41.8 Å². The highest BCUT2D eigenvalue weighted by Gasteiger charge is 2.27. The van der Waals surface area contributed by atoms with E-state index in [1.807, 2.05) is 12.2 Å². The first-order valence-electron chi connectivity index (χ1n) is 9.68. The van der Waals surface area contributed by atoms with E-state index < -0.39 is 16.0 Å². The van der Waals surface area contributed by atoms with Crippen molar-refractivity contribution < 1.29 is 22.7 Å². The first-order chi connectivity index (χ1) is 13.4. The predicted octanol–water partition coefficient (Wildman–Crippen LogP) is 4.48. The lowest BCUT2D eigenvalue weighted by Gasteiger charge is -2.31. The second kappa shape index (κ2) is 11.1. The average Bonchev–Trinajstić information content (AvgIpc) is 2.65. The molecular formula is C21H28FNO4S. The van der Waals surface area contributed by atoms with E-state index in [-0.39, 0.29) is 24.2 Å².